The molecule has 0 spiro atoms. The standard InChI is InChI=1S/C7H14N2O2/c1-3-6(10)5(2)9-7(11)4-8/h5H,3-4,8H2,1-2H3,(H,9,11). The minimum atomic E-state index is -0.406. The molecule has 0 aliphatic heterocycles. The molecular formula is C7H14N2O2. The van der Waals surface area contributed by atoms with Crippen molar-refractivity contribution in [3.05, 3.63) is 0 Å². The first-order chi connectivity index (χ1) is 5.11. The van der Waals surface area contributed by atoms with Crippen LogP contribution in [0.2, 0.25) is 0 Å². The molecule has 3 N–H and O–H groups in total. The molecule has 0 aromatic carbocycles. The molecule has 1 amide bonds. The first-order valence-electron chi connectivity index (χ1n) is 3.64. The Labute approximate surface area is 66.1 Å². The maximum absolute atomic E-state index is 10.9. The third-order valence-corrected chi connectivity index (χ3v) is 1.39. The zero-order valence-corrected chi connectivity index (χ0v) is 6.89. The van der Waals surface area contributed by atoms with Crippen LogP contribution in [-0.4, -0.2) is 24.3 Å². The van der Waals surface area contributed by atoms with Crippen molar-refractivity contribution in [1.29, 1.82) is 0 Å². The third-order valence-electron chi connectivity index (χ3n) is 1.39. The van der Waals surface area contributed by atoms with Crippen molar-refractivity contribution in [1.82, 2.24) is 5.32 Å². The summed E-state index contributed by atoms with van der Waals surface area (Å²) in [5.74, 6) is -0.272. The second-order valence-corrected chi connectivity index (χ2v) is 2.31. The molecule has 0 aromatic rings. The van der Waals surface area contributed by atoms with Crippen molar-refractivity contribution < 1.29 is 9.59 Å². The average molecular weight is 158 g/mol. The molecule has 0 aliphatic rings. The van der Waals surface area contributed by atoms with Crippen LogP contribution in [0.4, 0.5) is 0 Å². The zero-order chi connectivity index (χ0) is 8.85. The van der Waals surface area contributed by atoms with Gasteiger partial charge in [-0.1, -0.05) is 6.92 Å². The topological polar surface area (TPSA) is 72.2 Å². The number of amides is 1. The number of carbonyl (C=O) groups is 2. The highest BCUT2D eigenvalue weighted by atomic mass is 16.2. The van der Waals surface area contributed by atoms with Crippen molar-refractivity contribution >= 4 is 11.7 Å². The number of Topliss-reactive ketones (excluding diaryl/α,β-unsaturated/α-hetero) is 1. The van der Waals surface area contributed by atoms with Gasteiger partial charge in [-0.15, -0.1) is 0 Å². The molecule has 0 radical (unpaired) electrons. The fraction of sp³-hybridized carbons (Fsp3) is 0.714. The minimum absolute atomic E-state index is 0.0202. The molecule has 0 rings (SSSR count). The van der Waals surface area contributed by atoms with E-state index in [0.29, 0.717) is 6.42 Å². The Morgan fingerprint density at radius 1 is 1.55 bits per heavy atom. The highest BCUT2D eigenvalue weighted by Crippen LogP contribution is 1.88. The number of ketones is 1. The number of nitrogens with one attached hydrogen (secondary N) is 1. The summed E-state index contributed by atoms with van der Waals surface area (Å²) in [4.78, 5) is 21.6. The molecule has 0 aliphatic carbocycles. The van der Waals surface area contributed by atoms with E-state index < -0.39 is 6.04 Å². The molecule has 0 heterocycles. The molecule has 0 saturated heterocycles. The Hall–Kier alpha value is -0.900. The van der Waals surface area contributed by atoms with Gasteiger partial charge in [0.05, 0.1) is 12.6 Å². The lowest BCUT2D eigenvalue weighted by atomic mass is 10.2. The van der Waals surface area contributed by atoms with Crippen LogP contribution >= 0.6 is 0 Å². The third kappa shape index (κ3) is 3.72. The summed E-state index contributed by atoms with van der Waals surface area (Å²) in [5.41, 5.74) is 5.04. The van der Waals surface area contributed by atoms with Gasteiger partial charge in [-0.25, -0.2) is 0 Å². The molecule has 11 heavy (non-hydrogen) atoms. The van der Waals surface area contributed by atoms with E-state index >= 15 is 0 Å². The van der Waals surface area contributed by atoms with Gasteiger partial charge in [0.25, 0.3) is 0 Å². The molecule has 1 atom stereocenters. The molecule has 0 aromatic heterocycles. The second kappa shape index (κ2) is 4.85. The molecular weight excluding hydrogens is 144 g/mol. The quantitative estimate of drug-likeness (QED) is 0.575. The monoisotopic (exact) mass is 158 g/mol. The molecule has 0 fully saturated rings. The second-order valence-electron chi connectivity index (χ2n) is 2.31. The van der Waals surface area contributed by atoms with Crippen LogP contribution in [0.5, 0.6) is 0 Å². The van der Waals surface area contributed by atoms with Crippen LogP contribution in [0.1, 0.15) is 20.3 Å². The summed E-state index contributed by atoms with van der Waals surface area (Å²) in [6.07, 6.45) is 0.437. The van der Waals surface area contributed by atoms with Crippen molar-refractivity contribution in [2.45, 2.75) is 26.3 Å². The fourth-order valence-electron chi connectivity index (χ4n) is 0.687. The Morgan fingerprint density at radius 2 is 2.09 bits per heavy atom. The summed E-state index contributed by atoms with van der Waals surface area (Å²) in [7, 11) is 0. The minimum Gasteiger partial charge on any atom is -0.345 e. The molecule has 4 heteroatoms. The van der Waals surface area contributed by atoms with Crippen molar-refractivity contribution in [3.63, 3.8) is 0 Å². The van der Waals surface area contributed by atoms with E-state index in [9.17, 15) is 9.59 Å². The lowest BCUT2D eigenvalue weighted by Crippen LogP contribution is -2.41. The van der Waals surface area contributed by atoms with Gasteiger partial charge < -0.3 is 11.1 Å². The van der Waals surface area contributed by atoms with Crippen LogP contribution in [0.25, 0.3) is 0 Å². The molecule has 0 bridgehead atoms. The summed E-state index contributed by atoms with van der Waals surface area (Å²) in [6.45, 7) is 3.34. The lowest BCUT2D eigenvalue weighted by molar-refractivity contribution is -0.126. The number of hydrogen-bond acceptors (Lipinski definition) is 3. The van der Waals surface area contributed by atoms with Gasteiger partial charge in [0.2, 0.25) is 5.91 Å². The van der Waals surface area contributed by atoms with Crippen LogP contribution in [0, 0.1) is 0 Å². The first kappa shape index (κ1) is 10.1. The number of nitrogens with two attached hydrogens (primary N) is 1. The van der Waals surface area contributed by atoms with E-state index in [0.717, 1.165) is 0 Å². The van der Waals surface area contributed by atoms with Gasteiger partial charge in [-0.3, -0.25) is 9.59 Å². The predicted molar refractivity (Wildman–Crippen MR) is 42.0 cm³/mol. The SMILES string of the molecule is CCC(=O)C(C)NC(=O)CN. The largest absolute Gasteiger partial charge is 0.345 e. The number of hydrogen-bond donors (Lipinski definition) is 2. The van der Waals surface area contributed by atoms with Gasteiger partial charge in [0.15, 0.2) is 5.78 Å². The van der Waals surface area contributed by atoms with Crippen LogP contribution in [-0.2, 0) is 9.59 Å². The summed E-state index contributed by atoms with van der Waals surface area (Å²) in [6, 6.07) is -0.406. The van der Waals surface area contributed by atoms with E-state index in [-0.39, 0.29) is 18.2 Å². The zero-order valence-electron chi connectivity index (χ0n) is 6.89. The summed E-state index contributed by atoms with van der Waals surface area (Å²) in [5, 5.41) is 2.47. The average Bonchev–Trinajstić information content (AvgIpc) is 2.02. The van der Waals surface area contributed by atoms with Gasteiger partial charge >= 0.3 is 0 Å². The fourth-order valence-corrected chi connectivity index (χ4v) is 0.687. The van der Waals surface area contributed by atoms with E-state index in [4.69, 9.17) is 5.73 Å². The highest BCUT2D eigenvalue weighted by Gasteiger charge is 2.11. The Balaban J connectivity index is 3.77. The molecule has 4 nitrogen and oxygen atoms in total. The van der Waals surface area contributed by atoms with Gasteiger partial charge in [0.1, 0.15) is 0 Å². The summed E-state index contributed by atoms with van der Waals surface area (Å²) >= 11 is 0. The van der Waals surface area contributed by atoms with E-state index in [2.05, 4.69) is 5.32 Å². The van der Waals surface area contributed by atoms with E-state index in [1.165, 1.54) is 0 Å². The van der Waals surface area contributed by atoms with Crippen LogP contribution < -0.4 is 11.1 Å². The predicted octanol–water partition coefficient (Wildman–Crippen LogP) is -0.571. The van der Waals surface area contributed by atoms with Crippen molar-refractivity contribution in [2.75, 3.05) is 6.54 Å². The maximum Gasteiger partial charge on any atom is 0.234 e. The highest BCUT2D eigenvalue weighted by molar-refractivity contribution is 5.88. The lowest BCUT2D eigenvalue weighted by Gasteiger charge is -2.09. The molecule has 0 saturated carbocycles. The van der Waals surface area contributed by atoms with Crippen LogP contribution in [0.15, 0.2) is 0 Å². The van der Waals surface area contributed by atoms with Crippen molar-refractivity contribution in [2.24, 2.45) is 5.73 Å². The van der Waals surface area contributed by atoms with Crippen LogP contribution in [0.3, 0.4) is 0 Å². The molecule has 1 unspecified atom stereocenters. The Bertz CT molecular complexity index is 157. The normalized spacial score (nSPS) is 12.3. The number of carbonyl (C=O) groups excluding carboxylic acids is 2. The number of rotatable bonds is 4. The Morgan fingerprint density at radius 3 is 2.45 bits per heavy atom. The van der Waals surface area contributed by atoms with Gasteiger partial charge in [-0.2, -0.15) is 0 Å². The van der Waals surface area contributed by atoms with Gasteiger partial charge in [0, 0.05) is 6.42 Å². The molecule has 64 valence electrons. The van der Waals surface area contributed by atoms with Crippen molar-refractivity contribution in [3.8, 4) is 0 Å². The van der Waals surface area contributed by atoms with Gasteiger partial charge in [-0.05, 0) is 6.92 Å². The van der Waals surface area contributed by atoms with E-state index in [1.54, 1.807) is 13.8 Å². The van der Waals surface area contributed by atoms with E-state index in [1.807, 2.05) is 0 Å². The Kier molecular flexibility index (Phi) is 4.45. The smallest absolute Gasteiger partial charge is 0.234 e. The first-order valence-corrected chi connectivity index (χ1v) is 3.64. The summed E-state index contributed by atoms with van der Waals surface area (Å²) < 4.78 is 0. The maximum atomic E-state index is 10.9.